The van der Waals surface area contributed by atoms with Gasteiger partial charge in [-0.15, -0.1) is 24.0 Å². The molecule has 1 aromatic carbocycles. The van der Waals surface area contributed by atoms with E-state index in [4.69, 9.17) is 4.74 Å². The minimum absolute atomic E-state index is 0. The molecular formula is C20H32IN3O2. The van der Waals surface area contributed by atoms with Crippen LogP contribution >= 0.6 is 24.0 Å². The molecule has 5 nitrogen and oxygen atoms in total. The Labute approximate surface area is 174 Å². The van der Waals surface area contributed by atoms with Crippen LogP contribution in [0.1, 0.15) is 36.5 Å². The summed E-state index contributed by atoms with van der Waals surface area (Å²) in [6.45, 7) is 9.12. The van der Waals surface area contributed by atoms with E-state index < -0.39 is 0 Å². The Kier molecular flexibility index (Phi) is 9.98. The van der Waals surface area contributed by atoms with Gasteiger partial charge >= 0.3 is 5.97 Å². The lowest BCUT2D eigenvalue weighted by molar-refractivity contribution is -0.149. The van der Waals surface area contributed by atoms with Crippen LogP contribution in [-0.4, -0.2) is 50.1 Å². The molecule has 0 aromatic heterocycles. The van der Waals surface area contributed by atoms with E-state index >= 15 is 0 Å². The Morgan fingerprint density at radius 2 is 1.85 bits per heavy atom. The zero-order chi connectivity index (χ0) is 18.2. The second-order valence-electron chi connectivity index (χ2n) is 6.73. The molecule has 1 aromatic rings. The van der Waals surface area contributed by atoms with Crippen molar-refractivity contribution >= 4 is 35.9 Å². The summed E-state index contributed by atoms with van der Waals surface area (Å²) in [4.78, 5) is 18.5. The molecular weight excluding hydrogens is 441 g/mol. The molecule has 0 amide bonds. The van der Waals surface area contributed by atoms with Gasteiger partial charge < -0.3 is 15.0 Å². The predicted octanol–water partition coefficient (Wildman–Crippen LogP) is 3.31. The lowest BCUT2D eigenvalue weighted by Crippen LogP contribution is -2.47. The third-order valence-corrected chi connectivity index (χ3v) is 4.60. The van der Waals surface area contributed by atoms with Gasteiger partial charge in [0.15, 0.2) is 5.96 Å². The highest BCUT2D eigenvalue weighted by Gasteiger charge is 2.27. The summed E-state index contributed by atoms with van der Waals surface area (Å²) >= 11 is 0. The van der Waals surface area contributed by atoms with Crippen molar-refractivity contribution in [1.82, 2.24) is 10.2 Å². The molecule has 0 bridgehead atoms. The fourth-order valence-electron chi connectivity index (χ4n) is 3.45. The van der Waals surface area contributed by atoms with Gasteiger partial charge in [0.25, 0.3) is 0 Å². The summed E-state index contributed by atoms with van der Waals surface area (Å²) < 4.78 is 5.13. The number of ether oxygens (including phenoxy) is 1. The largest absolute Gasteiger partial charge is 0.466 e. The Hall–Kier alpha value is -1.31. The van der Waals surface area contributed by atoms with Crippen LogP contribution < -0.4 is 5.32 Å². The fraction of sp³-hybridized carbons (Fsp3) is 0.600. The number of esters is 1. The van der Waals surface area contributed by atoms with Gasteiger partial charge in [0.1, 0.15) is 0 Å². The van der Waals surface area contributed by atoms with Gasteiger partial charge in [0.05, 0.1) is 12.5 Å². The molecule has 0 radical (unpaired) electrons. The van der Waals surface area contributed by atoms with Gasteiger partial charge in [-0.2, -0.15) is 0 Å². The number of guanidine groups is 1. The van der Waals surface area contributed by atoms with Gasteiger partial charge in [-0.1, -0.05) is 29.3 Å². The number of halogens is 1. The topological polar surface area (TPSA) is 53.9 Å². The molecule has 146 valence electrons. The SMILES string of the molecule is CCOC(=O)C1CCN(C(=NC)NCCc2cc(C)cc(C)c2)CC1.I. The molecule has 26 heavy (non-hydrogen) atoms. The molecule has 0 aliphatic carbocycles. The molecule has 1 aliphatic heterocycles. The average Bonchev–Trinajstić information content (AvgIpc) is 2.58. The van der Waals surface area contributed by atoms with Crippen LogP contribution in [0.25, 0.3) is 0 Å². The van der Waals surface area contributed by atoms with Gasteiger partial charge in [0, 0.05) is 26.7 Å². The van der Waals surface area contributed by atoms with Crippen molar-refractivity contribution in [2.75, 3.05) is 33.3 Å². The Bertz CT molecular complexity index is 591. The second-order valence-corrected chi connectivity index (χ2v) is 6.73. The predicted molar refractivity (Wildman–Crippen MR) is 117 cm³/mol. The number of nitrogens with zero attached hydrogens (tertiary/aromatic N) is 2. The summed E-state index contributed by atoms with van der Waals surface area (Å²) in [5, 5.41) is 3.46. The number of rotatable bonds is 5. The molecule has 1 saturated heterocycles. The number of benzene rings is 1. The molecule has 0 saturated carbocycles. The molecule has 2 rings (SSSR count). The Morgan fingerprint density at radius 1 is 1.23 bits per heavy atom. The number of piperidine rings is 1. The number of aliphatic imine (C=N–C) groups is 1. The van der Waals surface area contributed by atoms with Crippen LogP contribution in [0.4, 0.5) is 0 Å². The number of carbonyl (C=O) groups is 1. The molecule has 1 aliphatic rings. The smallest absolute Gasteiger partial charge is 0.309 e. The van der Waals surface area contributed by atoms with E-state index in [-0.39, 0.29) is 35.9 Å². The number of nitrogens with one attached hydrogen (secondary N) is 1. The van der Waals surface area contributed by atoms with E-state index in [1.165, 1.54) is 16.7 Å². The van der Waals surface area contributed by atoms with Crippen molar-refractivity contribution in [3.8, 4) is 0 Å². The van der Waals surface area contributed by atoms with Crippen molar-refractivity contribution in [2.45, 2.75) is 40.0 Å². The summed E-state index contributed by atoms with van der Waals surface area (Å²) in [5.41, 5.74) is 3.96. The van der Waals surface area contributed by atoms with Gasteiger partial charge in [-0.05, 0) is 45.6 Å². The maximum absolute atomic E-state index is 11.8. The highest BCUT2D eigenvalue weighted by atomic mass is 127. The van der Waals surface area contributed by atoms with E-state index in [1.54, 1.807) is 0 Å². The van der Waals surface area contributed by atoms with Crippen LogP contribution in [0.15, 0.2) is 23.2 Å². The van der Waals surface area contributed by atoms with E-state index in [9.17, 15) is 4.79 Å². The summed E-state index contributed by atoms with van der Waals surface area (Å²) in [6.07, 6.45) is 2.63. The second kappa shape index (κ2) is 11.4. The Balaban J connectivity index is 0.00000338. The number of aryl methyl sites for hydroxylation is 2. The van der Waals surface area contributed by atoms with E-state index in [0.29, 0.717) is 6.61 Å². The maximum atomic E-state index is 11.8. The third-order valence-electron chi connectivity index (χ3n) is 4.60. The molecule has 1 heterocycles. The minimum atomic E-state index is -0.0556. The van der Waals surface area contributed by atoms with Crippen molar-refractivity contribution in [2.24, 2.45) is 10.9 Å². The quantitative estimate of drug-likeness (QED) is 0.309. The van der Waals surface area contributed by atoms with Crippen molar-refractivity contribution in [1.29, 1.82) is 0 Å². The molecule has 0 atom stereocenters. The third kappa shape index (κ3) is 6.78. The molecule has 1 fully saturated rings. The van der Waals surface area contributed by atoms with Gasteiger partial charge in [-0.25, -0.2) is 0 Å². The summed E-state index contributed by atoms with van der Waals surface area (Å²) in [7, 11) is 1.82. The lowest BCUT2D eigenvalue weighted by atomic mass is 9.97. The van der Waals surface area contributed by atoms with Crippen molar-refractivity contribution in [3.05, 3.63) is 34.9 Å². The first-order valence-electron chi connectivity index (χ1n) is 9.23. The van der Waals surface area contributed by atoms with Crippen LogP contribution in [0.5, 0.6) is 0 Å². The number of carbonyl (C=O) groups excluding carboxylic acids is 1. The first kappa shape index (κ1) is 22.7. The van der Waals surface area contributed by atoms with E-state index in [2.05, 4.69) is 47.3 Å². The molecule has 1 N–H and O–H groups in total. The average molecular weight is 473 g/mol. The number of hydrogen-bond acceptors (Lipinski definition) is 3. The van der Waals surface area contributed by atoms with Crippen molar-refractivity contribution in [3.63, 3.8) is 0 Å². The normalized spacial score (nSPS) is 15.4. The number of likely N-dealkylation sites (tertiary alicyclic amines) is 1. The van der Waals surface area contributed by atoms with Crippen LogP contribution in [0.3, 0.4) is 0 Å². The Morgan fingerprint density at radius 3 is 2.38 bits per heavy atom. The molecule has 6 heteroatoms. The lowest BCUT2D eigenvalue weighted by Gasteiger charge is -2.33. The number of hydrogen-bond donors (Lipinski definition) is 1. The standard InChI is InChI=1S/C20H31N3O2.HI/c1-5-25-19(24)18-7-10-23(11-8-18)20(21-4)22-9-6-17-13-15(2)12-16(3)14-17;/h12-14,18H,5-11H2,1-4H3,(H,21,22);1H. The maximum Gasteiger partial charge on any atom is 0.309 e. The summed E-state index contributed by atoms with van der Waals surface area (Å²) in [6, 6.07) is 6.67. The zero-order valence-corrected chi connectivity index (χ0v) is 18.7. The van der Waals surface area contributed by atoms with E-state index in [0.717, 1.165) is 44.9 Å². The fourth-order valence-corrected chi connectivity index (χ4v) is 3.45. The first-order valence-corrected chi connectivity index (χ1v) is 9.23. The van der Waals surface area contributed by atoms with Crippen LogP contribution in [0.2, 0.25) is 0 Å². The first-order chi connectivity index (χ1) is 12.0. The van der Waals surface area contributed by atoms with Crippen LogP contribution in [-0.2, 0) is 16.0 Å². The zero-order valence-electron chi connectivity index (χ0n) is 16.4. The monoisotopic (exact) mass is 473 g/mol. The minimum Gasteiger partial charge on any atom is -0.466 e. The molecule has 0 unspecified atom stereocenters. The van der Waals surface area contributed by atoms with E-state index in [1.807, 2.05) is 14.0 Å². The molecule has 0 spiro atoms. The van der Waals surface area contributed by atoms with Crippen molar-refractivity contribution < 1.29 is 9.53 Å². The highest BCUT2D eigenvalue weighted by molar-refractivity contribution is 14.0. The summed E-state index contributed by atoms with van der Waals surface area (Å²) in [5.74, 6) is 0.899. The van der Waals surface area contributed by atoms with Crippen LogP contribution in [0, 0.1) is 19.8 Å². The van der Waals surface area contributed by atoms with Gasteiger partial charge in [0.2, 0.25) is 0 Å². The van der Waals surface area contributed by atoms with Gasteiger partial charge in [-0.3, -0.25) is 9.79 Å². The highest BCUT2D eigenvalue weighted by Crippen LogP contribution is 2.18.